The number of aliphatic hydroxyl groups excluding tert-OH is 4. The van der Waals surface area contributed by atoms with Crippen LogP contribution in [0.2, 0.25) is 5.02 Å². The highest BCUT2D eigenvalue weighted by Crippen LogP contribution is 2.38. The van der Waals surface area contributed by atoms with Crippen molar-refractivity contribution in [2.45, 2.75) is 41.9 Å². The Hall–Kier alpha value is -2.09. The summed E-state index contributed by atoms with van der Waals surface area (Å²) >= 11 is 12.6. The van der Waals surface area contributed by atoms with Gasteiger partial charge in [-0.25, -0.2) is 9.79 Å². The number of esters is 1. The largest absolute Gasteiger partial charge is 0.406 e. The zero-order chi connectivity index (χ0) is 25.1. The number of carbonyl (C=O) groups is 1. The molecule has 2 aromatic rings. The predicted octanol–water partition coefficient (Wildman–Crippen LogP) is 1.16. The maximum absolute atomic E-state index is 12.8. The lowest BCUT2D eigenvalue weighted by Gasteiger charge is -2.40. The molecule has 0 amide bonds. The number of benzene rings is 2. The quantitative estimate of drug-likeness (QED) is 0.269. The van der Waals surface area contributed by atoms with E-state index in [4.69, 9.17) is 33.3 Å². The summed E-state index contributed by atoms with van der Waals surface area (Å²) in [5.41, 5.74) is 1.36. The van der Waals surface area contributed by atoms with Crippen molar-refractivity contribution >= 4 is 51.8 Å². The van der Waals surface area contributed by atoms with Gasteiger partial charge in [-0.05, 0) is 29.8 Å². The summed E-state index contributed by atoms with van der Waals surface area (Å²) < 4.78 is 11.0. The fourth-order valence-electron chi connectivity index (χ4n) is 3.72. The number of thioether (sulfide) groups is 1. The molecule has 9 nitrogen and oxygen atoms in total. The number of carbonyl (C=O) groups excluding carboxylic acids is 1. The van der Waals surface area contributed by atoms with Crippen LogP contribution in [0, 0.1) is 0 Å². The van der Waals surface area contributed by atoms with Crippen LogP contribution < -0.4 is 5.32 Å². The first-order valence-corrected chi connectivity index (χ1v) is 12.3. The summed E-state index contributed by atoms with van der Waals surface area (Å²) in [4.78, 5) is 17.3. The normalized spacial score (nSPS) is 29.3. The minimum atomic E-state index is -1.55. The van der Waals surface area contributed by atoms with Crippen molar-refractivity contribution in [3.05, 3.63) is 70.7 Å². The third kappa shape index (κ3) is 5.84. The summed E-state index contributed by atoms with van der Waals surface area (Å²) in [6.45, 7) is -0.568. The molecule has 186 valence electrons. The van der Waals surface area contributed by atoms with Crippen LogP contribution in [0.15, 0.2) is 59.6 Å². The Morgan fingerprint density at radius 2 is 1.77 bits per heavy atom. The molecule has 0 aliphatic carbocycles. The second kappa shape index (κ2) is 11.3. The first kappa shape index (κ1) is 26.0. The zero-order valence-corrected chi connectivity index (χ0v) is 20.5. The van der Waals surface area contributed by atoms with Crippen molar-refractivity contribution in [2.75, 3.05) is 6.61 Å². The molecule has 2 aromatic carbocycles. The molecule has 1 saturated heterocycles. The van der Waals surface area contributed by atoms with Gasteiger partial charge in [0, 0.05) is 10.6 Å². The van der Waals surface area contributed by atoms with Gasteiger partial charge < -0.3 is 35.2 Å². The topological polar surface area (TPSA) is 141 Å². The van der Waals surface area contributed by atoms with Crippen LogP contribution in [0.5, 0.6) is 0 Å². The number of rotatable bonds is 6. The van der Waals surface area contributed by atoms with Crippen molar-refractivity contribution < 1.29 is 34.7 Å². The monoisotopic (exact) mass is 538 g/mol. The molecule has 0 unspecified atom stereocenters. The van der Waals surface area contributed by atoms with Gasteiger partial charge in [-0.3, -0.25) is 0 Å². The second-order valence-electron chi connectivity index (χ2n) is 7.94. The third-order valence-corrected chi connectivity index (χ3v) is 7.36. The minimum absolute atomic E-state index is 0.130. The summed E-state index contributed by atoms with van der Waals surface area (Å²) in [5.74, 6) is -0.347. The number of hydrogen-bond acceptors (Lipinski definition) is 10. The van der Waals surface area contributed by atoms with Crippen molar-refractivity contribution in [3.63, 3.8) is 0 Å². The number of aliphatic imine (C=N–C) groups is 1. The summed E-state index contributed by atoms with van der Waals surface area (Å²) in [6, 6.07) is 15.0. The van der Waals surface area contributed by atoms with Gasteiger partial charge in [0.05, 0.1) is 11.9 Å². The van der Waals surface area contributed by atoms with Crippen LogP contribution in [-0.4, -0.2) is 79.9 Å². The lowest BCUT2D eigenvalue weighted by Crippen LogP contribution is -2.62. The summed E-state index contributed by atoms with van der Waals surface area (Å²) in [7, 11) is 0. The number of ether oxygens (including phenoxy) is 2. The van der Waals surface area contributed by atoms with Gasteiger partial charge in [0.1, 0.15) is 28.7 Å². The van der Waals surface area contributed by atoms with E-state index in [2.05, 4.69) is 10.3 Å². The van der Waals surface area contributed by atoms with Crippen molar-refractivity contribution in [1.82, 2.24) is 5.32 Å². The fourth-order valence-corrected chi connectivity index (χ4v) is 5.28. The Kier molecular flexibility index (Phi) is 8.40. The molecular weight excluding hydrogens is 516 g/mol. The van der Waals surface area contributed by atoms with E-state index in [1.165, 1.54) is 0 Å². The Morgan fingerprint density at radius 3 is 2.43 bits per heavy atom. The molecule has 0 spiro atoms. The number of hydrogen-bond donors (Lipinski definition) is 5. The molecule has 0 aromatic heterocycles. The lowest BCUT2D eigenvalue weighted by molar-refractivity contribution is -0.232. The van der Waals surface area contributed by atoms with E-state index in [0.717, 1.165) is 11.8 Å². The highest BCUT2D eigenvalue weighted by molar-refractivity contribution is 8.23. The van der Waals surface area contributed by atoms with Crippen molar-refractivity contribution in [1.29, 1.82) is 0 Å². The van der Waals surface area contributed by atoms with E-state index in [0.29, 0.717) is 16.1 Å². The standard InChI is InChI=1S/C23H23ClN2O7S2/c24-13-8-6-11(7-9-13)19(15-22(31)33-20(25-15)12-4-2-1-3-5-12)35-23(34)26-21-18(30)17(29)16(28)14(10-27)32-21/h1-9,14-19,21,27-30H,10H2,(H,26,34)/t14-,15-,16-,17+,18-,19+,21-/m1/s1. The maximum atomic E-state index is 12.8. The van der Waals surface area contributed by atoms with Crippen molar-refractivity contribution in [2.24, 2.45) is 4.99 Å². The lowest BCUT2D eigenvalue weighted by atomic mass is 9.98. The van der Waals surface area contributed by atoms with Crippen LogP contribution in [0.4, 0.5) is 0 Å². The fraction of sp³-hybridized carbons (Fsp3) is 0.348. The number of nitrogens with one attached hydrogen (secondary N) is 1. The number of halogens is 1. The van der Waals surface area contributed by atoms with Gasteiger partial charge in [0.25, 0.3) is 0 Å². The molecule has 0 radical (unpaired) electrons. The van der Waals surface area contributed by atoms with E-state index >= 15 is 0 Å². The number of aliphatic hydroxyl groups is 4. The number of thiocarbonyl (C=S) groups is 1. The Bertz CT molecular complexity index is 1090. The maximum Gasteiger partial charge on any atom is 0.339 e. The number of nitrogens with zero attached hydrogens (tertiary/aromatic N) is 1. The molecule has 0 saturated carbocycles. The van der Waals surface area contributed by atoms with Crippen LogP contribution in [0.3, 0.4) is 0 Å². The molecule has 1 fully saturated rings. The van der Waals surface area contributed by atoms with Gasteiger partial charge in [0.15, 0.2) is 12.3 Å². The average Bonchev–Trinajstić information content (AvgIpc) is 3.25. The Morgan fingerprint density at radius 1 is 1.09 bits per heavy atom. The Balaban J connectivity index is 1.56. The van der Waals surface area contributed by atoms with Crippen LogP contribution >= 0.6 is 35.6 Å². The molecule has 7 atom stereocenters. The van der Waals surface area contributed by atoms with E-state index in [-0.39, 0.29) is 10.2 Å². The molecule has 2 heterocycles. The van der Waals surface area contributed by atoms with Gasteiger partial charge in [-0.15, -0.1) is 0 Å². The first-order chi connectivity index (χ1) is 16.8. The van der Waals surface area contributed by atoms with Gasteiger partial charge >= 0.3 is 5.97 Å². The average molecular weight is 539 g/mol. The smallest absolute Gasteiger partial charge is 0.339 e. The SMILES string of the molecule is O=C1OC(c2ccccc2)=N[C@@H]1[C@@H](SC(=S)N[C@@H]1O[C@H](CO)[C@@H](O)[C@H](O)[C@H]1O)c1ccc(Cl)cc1. The van der Waals surface area contributed by atoms with E-state index < -0.39 is 54.5 Å². The third-order valence-electron chi connectivity index (χ3n) is 5.59. The van der Waals surface area contributed by atoms with Gasteiger partial charge in [-0.1, -0.05) is 65.9 Å². The zero-order valence-electron chi connectivity index (χ0n) is 18.1. The van der Waals surface area contributed by atoms with Crippen LogP contribution in [0.1, 0.15) is 16.4 Å². The van der Waals surface area contributed by atoms with Crippen LogP contribution in [0.25, 0.3) is 0 Å². The Labute approximate surface area is 215 Å². The predicted molar refractivity (Wildman–Crippen MR) is 134 cm³/mol. The molecule has 0 bridgehead atoms. The molecule has 2 aliphatic heterocycles. The molecule has 12 heteroatoms. The van der Waals surface area contributed by atoms with E-state index in [9.17, 15) is 25.2 Å². The summed E-state index contributed by atoms with van der Waals surface area (Å²) in [5, 5.41) is 42.4. The van der Waals surface area contributed by atoms with Crippen LogP contribution in [-0.2, 0) is 14.3 Å². The highest BCUT2D eigenvalue weighted by atomic mass is 35.5. The number of cyclic esters (lactones) is 1. The molecule has 5 N–H and O–H groups in total. The summed E-state index contributed by atoms with van der Waals surface area (Å²) in [6.07, 6.45) is -6.85. The first-order valence-electron chi connectivity index (χ1n) is 10.7. The van der Waals surface area contributed by atoms with Gasteiger partial charge in [-0.2, -0.15) is 0 Å². The molecular formula is C23H23ClN2O7S2. The molecule has 4 rings (SSSR count). The van der Waals surface area contributed by atoms with Crippen molar-refractivity contribution in [3.8, 4) is 0 Å². The van der Waals surface area contributed by atoms with E-state index in [1.54, 1.807) is 36.4 Å². The van der Waals surface area contributed by atoms with E-state index in [1.807, 2.05) is 18.2 Å². The van der Waals surface area contributed by atoms with Gasteiger partial charge in [0.2, 0.25) is 5.90 Å². The molecule has 2 aliphatic rings. The second-order valence-corrected chi connectivity index (χ2v) is 10.2. The molecule has 35 heavy (non-hydrogen) atoms. The minimum Gasteiger partial charge on any atom is -0.406 e. The highest BCUT2D eigenvalue weighted by Gasteiger charge is 2.44.